The number of aromatic carboxylic acids is 1. The van der Waals surface area contributed by atoms with Crippen LogP contribution >= 0.6 is 11.3 Å². The van der Waals surface area contributed by atoms with Gasteiger partial charge in [0.2, 0.25) is 10.0 Å². The molecule has 2 N–H and O–H groups in total. The third-order valence-electron chi connectivity index (χ3n) is 1.84. The van der Waals surface area contributed by atoms with Crippen molar-refractivity contribution >= 4 is 27.3 Å². The van der Waals surface area contributed by atoms with Gasteiger partial charge in [-0.2, -0.15) is 13.2 Å². The Labute approximate surface area is 104 Å². The first-order valence-electron chi connectivity index (χ1n) is 4.43. The monoisotopic (exact) mass is 303 g/mol. The topological polar surface area (TPSA) is 83.5 Å². The molecule has 0 unspecified atom stereocenters. The minimum absolute atomic E-state index is 0.113. The van der Waals surface area contributed by atoms with Crippen LogP contribution in [0.1, 0.15) is 14.5 Å². The maximum atomic E-state index is 11.9. The van der Waals surface area contributed by atoms with Gasteiger partial charge in [0, 0.05) is 4.88 Å². The number of thiophene rings is 1. The number of rotatable bonds is 4. The average Bonchev–Trinajstić information content (AvgIpc) is 2.57. The van der Waals surface area contributed by atoms with Crippen LogP contribution in [0.5, 0.6) is 0 Å². The molecule has 0 atom stereocenters. The highest BCUT2D eigenvalue weighted by Gasteiger charge is 2.31. The highest BCUT2D eigenvalue weighted by Crippen LogP contribution is 2.26. The number of sulfonamides is 1. The Balaban J connectivity index is 3.02. The number of hydrogen-bond donors (Lipinski definition) is 2. The van der Waals surface area contributed by atoms with Gasteiger partial charge < -0.3 is 5.11 Å². The van der Waals surface area contributed by atoms with Gasteiger partial charge in [-0.25, -0.2) is 17.9 Å². The maximum Gasteiger partial charge on any atom is 0.402 e. The SMILES string of the molecule is Cc1sc(C(=O)O)cc1S(=O)(=O)NCC(F)(F)F. The lowest BCUT2D eigenvalue weighted by Crippen LogP contribution is -2.33. The molecule has 1 aromatic heterocycles. The van der Waals surface area contributed by atoms with Gasteiger partial charge in [0.05, 0.1) is 4.90 Å². The Hall–Kier alpha value is -1.13. The first kappa shape index (κ1) is 14.9. The van der Waals surface area contributed by atoms with Gasteiger partial charge in [-0.1, -0.05) is 0 Å². The number of carboxylic acids is 1. The molecule has 10 heteroatoms. The number of carbonyl (C=O) groups is 1. The zero-order chi connectivity index (χ0) is 14.1. The van der Waals surface area contributed by atoms with E-state index in [9.17, 15) is 26.4 Å². The molecule has 0 saturated heterocycles. The molecule has 0 aliphatic carbocycles. The van der Waals surface area contributed by atoms with Crippen LogP contribution in [0.2, 0.25) is 0 Å². The van der Waals surface area contributed by atoms with E-state index in [4.69, 9.17) is 5.11 Å². The van der Waals surface area contributed by atoms with E-state index >= 15 is 0 Å². The molecule has 1 rings (SSSR count). The number of aryl methyl sites for hydroxylation is 1. The lowest BCUT2D eigenvalue weighted by Gasteiger charge is -2.08. The zero-order valence-electron chi connectivity index (χ0n) is 8.91. The third-order valence-corrected chi connectivity index (χ3v) is 4.53. The third kappa shape index (κ3) is 3.68. The quantitative estimate of drug-likeness (QED) is 0.885. The first-order chi connectivity index (χ1) is 8.03. The van der Waals surface area contributed by atoms with Crippen molar-refractivity contribution in [2.24, 2.45) is 0 Å². The molecule has 0 aliphatic rings. The zero-order valence-corrected chi connectivity index (χ0v) is 10.5. The highest BCUT2D eigenvalue weighted by atomic mass is 32.2. The smallest absolute Gasteiger partial charge is 0.402 e. The fourth-order valence-corrected chi connectivity index (χ4v) is 3.53. The Bertz CT molecular complexity index is 561. The van der Waals surface area contributed by atoms with Crippen LogP contribution in [0.3, 0.4) is 0 Å². The molecule has 0 aromatic carbocycles. The molecular formula is C8H8F3NO4S2. The largest absolute Gasteiger partial charge is 0.477 e. The van der Waals surface area contributed by atoms with Crippen LogP contribution in [0.25, 0.3) is 0 Å². The second kappa shape index (κ2) is 4.86. The predicted molar refractivity (Wildman–Crippen MR) is 57.3 cm³/mol. The van der Waals surface area contributed by atoms with Gasteiger partial charge in [-0.15, -0.1) is 11.3 Å². The minimum Gasteiger partial charge on any atom is -0.477 e. The number of alkyl halides is 3. The maximum absolute atomic E-state index is 11.9. The van der Waals surface area contributed by atoms with Crippen LogP contribution < -0.4 is 4.72 Å². The molecule has 18 heavy (non-hydrogen) atoms. The van der Waals surface area contributed by atoms with Gasteiger partial charge in [0.25, 0.3) is 0 Å². The van der Waals surface area contributed by atoms with E-state index in [0.29, 0.717) is 11.3 Å². The summed E-state index contributed by atoms with van der Waals surface area (Å²) in [4.78, 5) is 10.0. The summed E-state index contributed by atoms with van der Waals surface area (Å²) in [6.45, 7) is -0.383. The normalized spacial score (nSPS) is 12.7. The van der Waals surface area contributed by atoms with Crippen molar-refractivity contribution in [3.05, 3.63) is 15.8 Å². The van der Waals surface area contributed by atoms with Crippen LogP contribution in [0.4, 0.5) is 13.2 Å². The fourth-order valence-electron chi connectivity index (χ4n) is 1.09. The molecule has 0 amide bonds. The van der Waals surface area contributed by atoms with Crippen molar-refractivity contribution < 1.29 is 31.5 Å². The molecule has 0 aliphatic heterocycles. The first-order valence-corrected chi connectivity index (χ1v) is 6.73. The van der Waals surface area contributed by atoms with E-state index in [1.807, 2.05) is 0 Å². The van der Waals surface area contributed by atoms with Crippen LogP contribution in [-0.4, -0.2) is 32.2 Å². The molecule has 0 radical (unpaired) electrons. The van der Waals surface area contributed by atoms with Crippen LogP contribution in [0, 0.1) is 6.92 Å². The Kier molecular flexibility index (Phi) is 4.03. The van der Waals surface area contributed by atoms with Crippen molar-refractivity contribution in [2.45, 2.75) is 18.0 Å². The Morgan fingerprint density at radius 1 is 1.50 bits per heavy atom. The number of hydrogen-bond acceptors (Lipinski definition) is 4. The summed E-state index contributed by atoms with van der Waals surface area (Å²) in [7, 11) is -4.36. The number of halogens is 3. The van der Waals surface area contributed by atoms with Crippen molar-refractivity contribution in [2.75, 3.05) is 6.54 Å². The molecule has 1 heterocycles. The Morgan fingerprint density at radius 3 is 2.44 bits per heavy atom. The molecule has 0 saturated carbocycles. The summed E-state index contributed by atoms with van der Waals surface area (Å²) in [5.74, 6) is -1.33. The lowest BCUT2D eigenvalue weighted by molar-refractivity contribution is -0.121. The van der Waals surface area contributed by atoms with Gasteiger partial charge in [-0.3, -0.25) is 0 Å². The van der Waals surface area contributed by atoms with E-state index in [1.54, 1.807) is 0 Å². The average molecular weight is 303 g/mol. The van der Waals surface area contributed by atoms with Crippen molar-refractivity contribution in [3.63, 3.8) is 0 Å². The molecule has 0 bridgehead atoms. The van der Waals surface area contributed by atoms with Crippen molar-refractivity contribution in [3.8, 4) is 0 Å². The van der Waals surface area contributed by atoms with E-state index in [-0.39, 0.29) is 9.75 Å². The molecule has 0 fully saturated rings. The van der Waals surface area contributed by atoms with Gasteiger partial charge in [0.15, 0.2) is 0 Å². The summed E-state index contributed by atoms with van der Waals surface area (Å²) in [5.41, 5.74) is 0. The summed E-state index contributed by atoms with van der Waals surface area (Å²) in [5, 5.41) is 8.66. The van der Waals surface area contributed by atoms with E-state index in [2.05, 4.69) is 0 Å². The van der Waals surface area contributed by atoms with Gasteiger partial charge >= 0.3 is 12.1 Å². The van der Waals surface area contributed by atoms with E-state index in [1.165, 1.54) is 11.6 Å². The molecule has 0 spiro atoms. The number of nitrogens with one attached hydrogen (secondary N) is 1. The second-order valence-corrected chi connectivity index (χ2v) is 6.27. The minimum atomic E-state index is -4.67. The van der Waals surface area contributed by atoms with Gasteiger partial charge in [0.1, 0.15) is 11.4 Å². The van der Waals surface area contributed by atoms with Crippen molar-refractivity contribution in [1.29, 1.82) is 0 Å². The second-order valence-electron chi connectivity index (χ2n) is 3.28. The van der Waals surface area contributed by atoms with Crippen LogP contribution in [0.15, 0.2) is 11.0 Å². The van der Waals surface area contributed by atoms with E-state index < -0.39 is 33.6 Å². The standard InChI is InChI=1S/C8H8F3NO4S2/c1-4-6(2-5(17-4)7(13)14)18(15,16)12-3-8(9,10)11/h2,12H,3H2,1H3,(H,13,14). The summed E-state index contributed by atoms with van der Waals surface area (Å²) < 4.78 is 60.2. The molecule has 102 valence electrons. The van der Waals surface area contributed by atoms with Crippen molar-refractivity contribution in [1.82, 2.24) is 4.72 Å². The summed E-state index contributed by atoms with van der Waals surface area (Å²) in [6, 6.07) is 0.834. The summed E-state index contributed by atoms with van der Waals surface area (Å²) in [6.07, 6.45) is -4.67. The molecule has 1 aromatic rings. The predicted octanol–water partition coefficient (Wildman–Crippen LogP) is 1.60. The van der Waals surface area contributed by atoms with E-state index in [0.717, 1.165) is 6.07 Å². The van der Waals surface area contributed by atoms with Gasteiger partial charge in [-0.05, 0) is 13.0 Å². The molecule has 5 nitrogen and oxygen atoms in total. The summed E-state index contributed by atoms with van der Waals surface area (Å²) >= 11 is 0.683. The van der Waals surface area contributed by atoms with Crippen LogP contribution in [-0.2, 0) is 10.0 Å². The molecular weight excluding hydrogens is 295 g/mol. The number of carboxylic acid groups (broad SMARTS) is 1. The highest BCUT2D eigenvalue weighted by molar-refractivity contribution is 7.89. The Morgan fingerprint density at radius 2 is 2.06 bits per heavy atom. The lowest BCUT2D eigenvalue weighted by atomic mass is 10.4. The fraction of sp³-hybridized carbons (Fsp3) is 0.375.